The number of hydrogen-bond donors (Lipinski definition) is 2. The number of hydrogen-bond acceptors (Lipinski definition) is 9. The highest BCUT2D eigenvalue weighted by Crippen LogP contribution is 2.13. The molecule has 0 aromatic rings. The zero-order chi connectivity index (χ0) is 26.5. The average molecular weight is 502 g/mol. The molecule has 0 aromatic carbocycles. The summed E-state index contributed by atoms with van der Waals surface area (Å²) in [7, 11) is 0. The zero-order valence-electron chi connectivity index (χ0n) is 22.1. The second kappa shape index (κ2) is 20.0. The van der Waals surface area contributed by atoms with E-state index < -0.39 is 17.5 Å². The maximum absolute atomic E-state index is 12.2. The number of rotatable bonds is 22. The van der Waals surface area contributed by atoms with Crippen molar-refractivity contribution in [3.63, 3.8) is 0 Å². The van der Waals surface area contributed by atoms with E-state index in [1.165, 1.54) is 19.3 Å². The Bertz CT molecular complexity index is 603. The Kier molecular flexibility index (Phi) is 18.7. The molecule has 2 unspecified atom stereocenters. The highest BCUT2D eigenvalue weighted by Gasteiger charge is 2.19. The van der Waals surface area contributed by atoms with E-state index in [1.54, 1.807) is 0 Å². The quantitative estimate of drug-likeness (QED) is 0.0745. The molecule has 0 aromatic heterocycles. The van der Waals surface area contributed by atoms with Gasteiger partial charge in [-0.2, -0.15) is 0 Å². The fourth-order valence-corrected chi connectivity index (χ4v) is 3.29. The molecule has 0 saturated heterocycles. The van der Waals surface area contributed by atoms with Crippen molar-refractivity contribution in [1.82, 2.24) is 5.32 Å². The number of unbranched alkanes of at least 4 members (excludes halogenated alkanes) is 5. The van der Waals surface area contributed by atoms with Crippen molar-refractivity contribution >= 4 is 18.4 Å². The molecule has 35 heavy (non-hydrogen) atoms. The topological polar surface area (TPSA) is 120 Å². The van der Waals surface area contributed by atoms with Gasteiger partial charge in [-0.15, -0.1) is 0 Å². The van der Waals surface area contributed by atoms with E-state index in [1.807, 2.05) is 20.8 Å². The third-order valence-corrected chi connectivity index (χ3v) is 5.10. The van der Waals surface area contributed by atoms with Crippen LogP contribution in [0.1, 0.15) is 91.9 Å². The molecule has 204 valence electrons. The van der Waals surface area contributed by atoms with Crippen molar-refractivity contribution in [3.8, 4) is 0 Å². The third-order valence-electron chi connectivity index (χ3n) is 5.10. The first-order valence-corrected chi connectivity index (χ1v) is 12.7. The number of esters is 2. The summed E-state index contributed by atoms with van der Waals surface area (Å²) in [6, 6.07) is -0.186. The van der Waals surface area contributed by atoms with Crippen molar-refractivity contribution in [2.24, 2.45) is 5.92 Å². The van der Waals surface area contributed by atoms with Crippen molar-refractivity contribution in [2.45, 2.75) is 104 Å². The van der Waals surface area contributed by atoms with Crippen LogP contribution in [0, 0.1) is 5.92 Å². The van der Waals surface area contributed by atoms with Crippen molar-refractivity contribution < 1.29 is 38.4 Å². The molecule has 0 amide bonds. The Labute approximate surface area is 210 Å². The van der Waals surface area contributed by atoms with E-state index in [0.29, 0.717) is 31.6 Å². The van der Waals surface area contributed by atoms with Crippen LogP contribution in [0.3, 0.4) is 0 Å². The SMILES string of the molecule is C=C(NC(CCOC=O)CCOC(=O)CC(CO)COC(=O)CCCCCCCC)OC(C)(C)C. The summed E-state index contributed by atoms with van der Waals surface area (Å²) in [6.45, 7) is 12.1. The summed E-state index contributed by atoms with van der Waals surface area (Å²) < 4.78 is 21.0. The molecule has 0 aliphatic rings. The number of aliphatic hydroxyl groups is 1. The second-order valence-corrected chi connectivity index (χ2v) is 9.70. The normalized spacial score (nSPS) is 12.8. The third kappa shape index (κ3) is 20.8. The Hall–Kier alpha value is -2.29. The first-order valence-electron chi connectivity index (χ1n) is 12.7. The van der Waals surface area contributed by atoms with Crippen LogP contribution in [0.25, 0.3) is 0 Å². The second-order valence-electron chi connectivity index (χ2n) is 9.70. The molecule has 2 atom stereocenters. The zero-order valence-corrected chi connectivity index (χ0v) is 22.1. The summed E-state index contributed by atoms with van der Waals surface area (Å²) >= 11 is 0. The molecular formula is C26H47NO8. The van der Waals surface area contributed by atoms with Gasteiger partial charge >= 0.3 is 11.9 Å². The summed E-state index contributed by atoms with van der Waals surface area (Å²) in [4.78, 5) is 34.5. The van der Waals surface area contributed by atoms with Crippen molar-refractivity contribution in [2.75, 3.05) is 26.4 Å². The molecule has 0 aliphatic carbocycles. The van der Waals surface area contributed by atoms with Gasteiger partial charge in [-0.25, -0.2) is 0 Å². The summed E-state index contributed by atoms with van der Waals surface area (Å²) in [6.07, 6.45) is 7.70. The molecule has 9 heteroatoms. The van der Waals surface area contributed by atoms with Gasteiger partial charge in [0.05, 0.1) is 26.2 Å². The van der Waals surface area contributed by atoms with Gasteiger partial charge < -0.3 is 29.4 Å². The fourth-order valence-electron chi connectivity index (χ4n) is 3.29. The first-order chi connectivity index (χ1) is 16.6. The predicted molar refractivity (Wildman–Crippen MR) is 133 cm³/mol. The van der Waals surface area contributed by atoms with E-state index >= 15 is 0 Å². The lowest BCUT2D eigenvalue weighted by Crippen LogP contribution is -2.34. The van der Waals surface area contributed by atoms with Crippen LogP contribution in [0.2, 0.25) is 0 Å². The molecular weight excluding hydrogens is 454 g/mol. The Morgan fingerprint density at radius 1 is 1.00 bits per heavy atom. The van der Waals surface area contributed by atoms with Crippen molar-refractivity contribution in [3.05, 3.63) is 12.5 Å². The molecule has 0 rings (SSSR count). The Balaban J connectivity index is 4.31. The van der Waals surface area contributed by atoms with Gasteiger partial charge in [0.2, 0.25) is 0 Å². The van der Waals surface area contributed by atoms with Crippen LogP contribution >= 0.6 is 0 Å². The molecule has 0 aliphatic heterocycles. The summed E-state index contributed by atoms with van der Waals surface area (Å²) in [5.41, 5.74) is -0.419. The number of ether oxygens (including phenoxy) is 4. The van der Waals surface area contributed by atoms with Gasteiger partial charge in [-0.3, -0.25) is 14.4 Å². The minimum Gasteiger partial charge on any atom is -0.474 e. The van der Waals surface area contributed by atoms with Gasteiger partial charge in [-0.05, 0) is 33.8 Å². The fraction of sp³-hybridized carbons (Fsp3) is 0.808. The summed E-state index contributed by atoms with van der Waals surface area (Å²) in [5.74, 6) is -0.922. The molecule has 9 nitrogen and oxygen atoms in total. The summed E-state index contributed by atoms with van der Waals surface area (Å²) in [5, 5.41) is 12.7. The largest absolute Gasteiger partial charge is 0.474 e. The average Bonchev–Trinajstić information content (AvgIpc) is 2.77. The minimum atomic E-state index is -0.508. The Morgan fingerprint density at radius 3 is 2.29 bits per heavy atom. The van der Waals surface area contributed by atoms with E-state index in [4.69, 9.17) is 18.9 Å². The van der Waals surface area contributed by atoms with E-state index in [9.17, 15) is 19.5 Å². The van der Waals surface area contributed by atoms with E-state index in [-0.39, 0.29) is 44.9 Å². The van der Waals surface area contributed by atoms with Crippen LogP contribution in [-0.4, -0.2) is 61.6 Å². The van der Waals surface area contributed by atoms with Crippen LogP contribution in [0.15, 0.2) is 12.5 Å². The Morgan fingerprint density at radius 2 is 1.66 bits per heavy atom. The van der Waals surface area contributed by atoms with Crippen LogP contribution in [0.5, 0.6) is 0 Å². The lowest BCUT2D eigenvalue weighted by molar-refractivity contribution is -0.151. The highest BCUT2D eigenvalue weighted by molar-refractivity contribution is 5.70. The predicted octanol–water partition coefficient (Wildman–Crippen LogP) is 4.02. The molecule has 0 spiro atoms. The van der Waals surface area contributed by atoms with Crippen LogP contribution < -0.4 is 5.32 Å². The maximum atomic E-state index is 12.2. The molecule has 2 N–H and O–H groups in total. The number of carbonyl (C=O) groups excluding carboxylic acids is 3. The van der Waals surface area contributed by atoms with Crippen LogP contribution in [-0.2, 0) is 33.3 Å². The van der Waals surface area contributed by atoms with E-state index in [0.717, 1.165) is 19.3 Å². The van der Waals surface area contributed by atoms with Crippen molar-refractivity contribution in [1.29, 1.82) is 0 Å². The lowest BCUT2D eigenvalue weighted by Gasteiger charge is -2.27. The van der Waals surface area contributed by atoms with Gasteiger partial charge in [0.1, 0.15) is 5.60 Å². The maximum Gasteiger partial charge on any atom is 0.306 e. The smallest absolute Gasteiger partial charge is 0.306 e. The van der Waals surface area contributed by atoms with Gasteiger partial charge in [0.15, 0.2) is 5.88 Å². The van der Waals surface area contributed by atoms with Crippen LogP contribution in [0.4, 0.5) is 0 Å². The molecule has 0 heterocycles. The molecule has 0 radical (unpaired) electrons. The lowest BCUT2D eigenvalue weighted by atomic mass is 10.1. The van der Waals surface area contributed by atoms with Gasteiger partial charge in [0, 0.05) is 37.8 Å². The number of carbonyl (C=O) groups is 3. The standard InChI is InChI=1S/C26H47NO8/c1-6-7-8-9-10-11-12-24(30)34-19-22(18-28)17-25(31)33-16-14-23(13-15-32-20-29)27-21(2)35-26(3,4)5/h20,22-23,27-28H,2,6-19H2,1,3-5H3. The molecule has 0 bridgehead atoms. The number of aliphatic hydroxyl groups excluding tert-OH is 1. The monoisotopic (exact) mass is 501 g/mol. The minimum absolute atomic E-state index is 0.0164. The van der Waals surface area contributed by atoms with Gasteiger partial charge in [-0.1, -0.05) is 39.0 Å². The molecule has 0 fully saturated rings. The first kappa shape index (κ1) is 32.7. The van der Waals surface area contributed by atoms with E-state index in [2.05, 4.69) is 18.8 Å². The van der Waals surface area contributed by atoms with Gasteiger partial charge in [0.25, 0.3) is 6.47 Å². The number of nitrogens with one attached hydrogen (secondary N) is 1. The molecule has 0 saturated carbocycles. The highest BCUT2D eigenvalue weighted by atomic mass is 16.5.